The van der Waals surface area contributed by atoms with Gasteiger partial charge in [0.1, 0.15) is 6.04 Å². The molecule has 0 spiro atoms. The predicted octanol–water partition coefficient (Wildman–Crippen LogP) is 2.61. The third-order valence-electron chi connectivity index (χ3n) is 4.35. The molecule has 2 amide bonds. The van der Waals surface area contributed by atoms with Crippen LogP contribution in [0.1, 0.15) is 31.7 Å². The molecule has 0 bridgehead atoms. The number of benzene rings is 1. The van der Waals surface area contributed by atoms with Gasteiger partial charge in [-0.3, -0.25) is 9.59 Å². The van der Waals surface area contributed by atoms with Crippen LogP contribution in [0, 0.1) is 0 Å². The third kappa shape index (κ3) is 4.07. The van der Waals surface area contributed by atoms with Crippen LogP contribution >= 0.6 is 23.2 Å². The molecule has 0 aromatic heterocycles. The average molecular weight is 384 g/mol. The van der Waals surface area contributed by atoms with Crippen molar-refractivity contribution in [3.05, 3.63) is 33.8 Å². The maximum Gasteiger partial charge on any atom is 0.264 e. The second-order valence-electron chi connectivity index (χ2n) is 6.22. The molecule has 1 fully saturated rings. The van der Waals surface area contributed by atoms with Crippen LogP contribution in [-0.2, 0) is 14.4 Å². The monoisotopic (exact) mass is 383 g/mol. The first kappa shape index (κ1) is 18.0. The van der Waals surface area contributed by atoms with Crippen LogP contribution < -0.4 is 5.32 Å². The highest BCUT2D eigenvalue weighted by Gasteiger charge is 2.32. The quantitative estimate of drug-likeness (QED) is 0.868. The number of carbonyl (C=O) groups excluding carboxylic acids is 2. The molecule has 2 aliphatic heterocycles. The van der Waals surface area contributed by atoms with Gasteiger partial charge in [0.25, 0.3) is 5.91 Å². The van der Waals surface area contributed by atoms with Crippen molar-refractivity contribution in [2.24, 2.45) is 5.16 Å². The zero-order valence-electron chi connectivity index (χ0n) is 13.8. The Morgan fingerprint density at radius 1 is 1.32 bits per heavy atom. The summed E-state index contributed by atoms with van der Waals surface area (Å²) in [7, 11) is 0. The highest BCUT2D eigenvalue weighted by molar-refractivity contribution is 6.37. The van der Waals surface area contributed by atoms with E-state index in [9.17, 15) is 9.59 Å². The van der Waals surface area contributed by atoms with Gasteiger partial charge in [-0.2, -0.15) is 0 Å². The Hall–Kier alpha value is -1.79. The molecule has 1 aromatic carbocycles. The summed E-state index contributed by atoms with van der Waals surface area (Å²) in [5, 5.41) is 7.65. The first-order valence-electron chi connectivity index (χ1n) is 8.23. The van der Waals surface area contributed by atoms with Crippen LogP contribution in [0.2, 0.25) is 10.0 Å². The normalized spacial score (nSPS) is 20.8. The zero-order valence-corrected chi connectivity index (χ0v) is 15.3. The van der Waals surface area contributed by atoms with Gasteiger partial charge >= 0.3 is 0 Å². The third-order valence-corrected chi connectivity index (χ3v) is 4.90. The molecule has 1 aromatic rings. The van der Waals surface area contributed by atoms with E-state index < -0.39 is 12.1 Å². The second-order valence-corrected chi connectivity index (χ2v) is 7.07. The highest BCUT2D eigenvalue weighted by atomic mass is 35.5. The maximum atomic E-state index is 12.4. The number of hydrogen-bond acceptors (Lipinski definition) is 4. The van der Waals surface area contributed by atoms with E-state index in [0.717, 1.165) is 25.9 Å². The fraction of sp³-hybridized carbons (Fsp3) is 0.471. The number of nitrogens with one attached hydrogen (secondary N) is 1. The van der Waals surface area contributed by atoms with Crippen molar-refractivity contribution < 1.29 is 14.4 Å². The van der Waals surface area contributed by atoms with Gasteiger partial charge in [-0.15, -0.1) is 0 Å². The lowest BCUT2D eigenvalue weighted by Gasteiger charge is -2.21. The van der Waals surface area contributed by atoms with Crippen molar-refractivity contribution >= 4 is 40.7 Å². The minimum absolute atomic E-state index is 0.0641. The molecule has 134 valence electrons. The molecular weight excluding hydrogens is 365 g/mol. The lowest BCUT2D eigenvalue weighted by Crippen LogP contribution is -2.48. The largest absolute Gasteiger partial charge is 0.382 e. The fourth-order valence-corrected chi connectivity index (χ4v) is 3.50. The molecule has 0 saturated carbocycles. The second kappa shape index (κ2) is 7.62. The van der Waals surface area contributed by atoms with Crippen molar-refractivity contribution in [1.82, 2.24) is 10.2 Å². The Balaban J connectivity index is 1.57. The maximum absolute atomic E-state index is 12.4. The van der Waals surface area contributed by atoms with Gasteiger partial charge < -0.3 is 15.1 Å². The van der Waals surface area contributed by atoms with Gasteiger partial charge in [-0.05, 0) is 31.9 Å². The molecule has 2 atom stereocenters. The van der Waals surface area contributed by atoms with Gasteiger partial charge in [0.2, 0.25) is 12.0 Å². The number of likely N-dealkylation sites (tertiary alicyclic amines) is 1. The van der Waals surface area contributed by atoms with Gasteiger partial charge in [0.05, 0.1) is 10.7 Å². The SMILES string of the molecule is C[C@H](NC(=O)[C@H]1CC(c2ccc(Cl)cc2Cl)=NO1)C(=O)N1CCCC1. The number of halogens is 2. The molecule has 2 heterocycles. The van der Waals surface area contributed by atoms with Crippen molar-refractivity contribution in [3.8, 4) is 0 Å². The van der Waals surface area contributed by atoms with Gasteiger partial charge in [-0.1, -0.05) is 34.4 Å². The molecule has 0 aliphatic carbocycles. The minimum atomic E-state index is -0.768. The number of rotatable bonds is 4. The van der Waals surface area contributed by atoms with Crippen molar-refractivity contribution in [2.45, 2.75) is 38.3 Å². The van der Waals surface area contributed by atoms with Crippen molar-refractivity contribution in [1.29, 1.82) is 0 Å². The van der Waals surface area contributed by atoms with Crippen LogP contribution in [0.15, 0.2) is 23.4 Å². The van der Waals surface area contributed by atoms with Crippen LogP contribution in [0.4, 0.5) is 0 Å². The molecule has 1 saturated heterocycles. The average Bonchev–Trinajstić information content (AvgIpc) is 3.26. The van der Waals surface area contributed by atoms with Crippen molar-refractivity contribution in [2.75, 3.05) is 13.1 Å². The number of amides is 2. The van der Waals surface area contributed by atoms with Gasteiger partial charge in [0.15, 0.2) is 0 Å². The van der Waals surface area contributed by atoms with E-state index in [4.69, 9.17) is 28.0 Å². The molecule has 0 radical (unpaired) electrons. The summed E-state index contributed by atoms with van der Waals surface area (Å²) in [6.07, 6.45) is 1.54. The zero-order chi connectivity index (χ0) is 18.0. The predicted molar refractivity (Wildman–Crippen MR) is 95.9 cm³/mol. The van der Waals surface area contributed by atoms with Crippen LogP contribution in [0.3, 0.4) is 0 Å². The topological polar surface area (TPSA) is 71.0 Å². The molecular formula is C17H19Cl2N3O3. The van der Waals surface area contributed by atoms with Crippen LogP contribution in [0.25, 0.3) is 0 Å². The molecule has 6 nitrogen and oxygen atoms in total. The lowest BCUT2D eigenvalue weighted by atomic mass is 10.0. The van der Waals surface area contributed by atoms with E-state index >= 15 is 0 Å². The number of carbonyl (C=O) groups is 2. The summed E-state index contributed by atoms with van der Waals surface area (Å²) in [4.78, 5) is 31.6. The highest BCUT2D eigenvalue weighted by Crippen LogP contribution is 2.26. The van der Waals surface area contributed by atoms with E-state index in [-0.39, 0.29) is 18.2 Å². The Bertz CT molecular complexity index is 717. The van der Waals surface area contributed by atoms with Crippen LogP contribution in [-0.4, -0.2) is 47.7 Å². The Morgan fingerprint density at radius 3 is 2.72 bits per heavy atom. The Morgan fingerprint density at radius 2 is 2.04 bits per heavy atom. The summed E-state index contributed by atoms with van der Waals surface area (Å²) in [5.74, 6) is -0.422. The molecule has 0 unspecified atom stereocenters. The summed E-state index contributed by atoms with van der Waals surface area (Å²) < 4.78 is 0. The summed E-state index contributed by atoms with van der Waals surface area (Å²) in [6.45, 7) is 3.19. The summed E-state index contributed by atoms with van der Waals surface area (Å²) >= 11 is 12.1. The molecule has 1 N–H and O–H groups in total. The molecule has 8 heteroatoms. The number of oxime groups is 1. The molecule has 25 heavy (non-hydrogen) atoms. The van der Waals surface area contributed by atoms with E-state index in [2.05, 4.69) is 10.5 Å². The first-order chi connectivity index (χ1) is 12.0. The smallest absolute Gasteiger partial charge is 0.264 e. The Kier molecular flexibility index (Phi) is 5.49. The van der Waals surface area contributed by atoms with E-state index in [1.54, 1.807) is 30.0 Å². The molecule has 3 rings (SSSR count). The van der Waals surface area contributed by atoms with Crippen LogP contribution in [0.5, 0.6) is 0 Å². The Labute approximate surface area is 156 Å². The first-order valence-corrected chi connectivity index (χ1v) is 8.98. The van der Waals surface area contributed by atoms with Crippen molar-refractivity contribution in [3.63, 3.8) is 0 Å². The lowest BCUT2D eigenvalue weighted by molar-refractivity contribution is -0.138. The number of nitrogens with zero attached hydrogens (tertiary/aromatic N) is 2. The summed E-state index contributed by atoms with van der Waals surface area (Å²) in [5.41, 5.74) is 1.27. The minimum Gasteiger partial charge on any atom is -0.382 e. The standard InChI is InChI=1S/C17H19Cl2N3O3/c1-10(17(24)22-6-2-3-7-22)20-16(23)15-9-14(21-25-15)12-5-4-11(18)8-13(12)19/h4-5,8,10,15H,2-3,6-7,9H2,1H3,(H,20,23)/t10-,15+/m0/s1. The number of hydrogen-bond donors (Lipinski definition) is 1. The van der Waals surface area contributed by atoms with Gasteiger partial charge in [-0.25, -0.2) is 0 Å². The van der Waals surface area contributed by atoms with E-state index in [1.165, 1.54) is 0 Å². The van der Waals surface area contributed by atoms with E-state index in [0.29, 0.717) is 21.3 Å². The molecule has 2 aliphatic rings. The van der Waals surface area contributed by atoms with E-state index in [1.807, 2.05) is 0 Å². The van der Waals surface area contributed by atoms with Gasteiger partial charge in [0, 0.05) is 30.1 Å². The summed E-state index contributed by atoms with van der Waals surface area (Å²) in [6, 6.07) is 4.48. The fourth-order valence-electron chi connectivity index (χ4n) is 2.98.